The van der Waals surface area contributed by atoms with Crippen LogP contribution in [-0.2, 0) is 4.74 Å². The average molecular weight is 429 g/mol. The highest BCUT2D eigenvalue weighted by atomic mass is 127. The number of halogens is 1. The van der Waals surface area contributed by atoms with Crippen molar-refractivity contribution < 1.29 is 4.74 Å². The zero-order valence-electron chi connectivity index (χ0n) is 14.0. The molecule has 1 aliphatic rings. The summed E-state index contributed by atoms with van der Waals surface area (Å²) in [7, 11) is 1.87. The normalized spacial score (nSPS) is 18.3. The Labute approximate surface area is 151 Å². The molecule has 0 amide bonds. The predicted molar refractivity (Wildman–Crippen MR) is 105 cm³/mol. The third-order valence-corrected chi connectivity index (χ3v) is 4.63. The number of thioether (sulfide) groups is 1. The molecule has 0 aromatic heterocycles. The van der Waals surface area contributed by atoms with Crippen molar-refractivity contribution >= 4 is 41.7 Å². The van der Waals surface area contributed by atoms with Crippen LogP contribution in [0.2, 0.25) is 0 Å². The molecule has 0 radical (unpaired) electrons. The van der Waals surface area contributed by atoms with Gasteiger partial charge in [0.2, 0.25) is 0 Å². The van der Waals surface area contributed by atoms with E-state index in [2.05, 4.69) is 36.0 Å². The molecule has 1 aliphatic heterocycles. The van der Waals surface area contributed by atoms with Gasteiger partial charge in [-0.25, -0.2) is 0 Å². The summed E-state index contributed by atoms with van der Waals surface area (Å²) in [4.78, 5) is 6.78. The SMILES string of the molecule is CCCCOCCCNC(=NC)N1CCSC(C)(C)C1.I. The molecular formula is C15H32IN3OS. The molecule has 6 heteroatoms. The van der Waals surface area contributed by atoms with Crippen LogP contribution in [0.5, 0.6) is 0 Å². The number of ether oxygens (including phenoxy) is 1. The first-order chi connectivity index (χ1) is 9.59. The number of nitrogens with one attached hydrogen (secondary N) is 1. The van der Waals surface area contributed by atoms with Gasteiger partial charge in [0.05, 0.1) is 0 Å². The molecule has 21 heavy (non-hydrogen) atoms. The van der Waals surface area contributed by atoms with Crippen LogP contribution >= 0.6 is 35.7 Å². The van der Waals surface area contributed by atoms with Gasteiger partial charge >= 0.3 is 0 Å². The average Bonchev–Trinajstić information content (AvgIpc) is 2.41. The molecule has 1 fully saturated rings. The van der Waals surface area contributed by atoms with E-state index in [1.165, 1.54) is 12.2 Å². The number of hydrogen-bond acceptors (Lipinski definition) is 3. The fourth-order valence-electron chi connectivity index (χ4n) is 2.25. The van der Waals surface area contributed by atoms with E-state index in [4.69, 9.17) is 4.74 Å². The highest BCUT2D eigenvalue weighted by Gasteiger charge is 2.28. The van der Waals surface area contributed by atoms with E-state index in [1.807, 2.05) is 18.8 Å². The zero-order valence-corrected chi connectivity index (χ0v) is 17.1. The number of aliphatic imine (C=N–C) groups is 1. The van der Waals surface area contributed by atoms with Gasteiger partial charge in [-0.2, -0.15) is 11.8 Å². The van der Waals surface area contributed by atoms with Crippen LogP contribution < -0.4 is 5.32 Å². The third-order valence-electron chi connectivity index (χ3n) is 3.33. The van der Waals surface area contributed by atoms with Crippen LogP contribution in [0.3, 0.4) is 0 Å². The summed E-state index contributed by atoms with van der Waals surface area (Å²) >= 11 is 2.05. The standard InChI is InChI=1S/C15H31N3OS.HI/c1-5-6-10-19-11-7-8-17-14(16-4)18-9-12-20-15(2,3)13-18;/h5-13H2,1-4H3,(H,16,17);1H. The van der Waals surface area contributed by atoms with Crippen LogP contribution in [0.25, 0.3) is 0 Å². The van der Waals surface area contributed by atoms with Crippen molar-refractivity contribution in [2.45, 2.75) is 44.8 Å². The van der Waals surface area contributed by atoms with Gasteiger partial charge in [-0.15, -0.1) is 24.0 Å². The maximum absolute atomic E-state index is 5.57. The van der Waals surface area contributed by atoms with E-state index in [1.54, 1.807) is 0 Å². The number of hydrogen-bond donors (Lipinski definition) is 1. The minimum Gasteiger partial charge on any atom is -0.381 e. The van der Waals surface area contributed by atoms with Crippen LogP contribution in [0.1, 0.15) is 40.0 Å². The van der Waals surface area contributed by atoms with Crippen molar-refractivity contribution in [2.24, 2.45) is 4.99 Å². The van der Waals surface area contributed by atoms with Crippen molar-refractivity contribution in [1.82, 2.24) is 10.2 Å². The first-order valence-corrected chi connectivity index (χ1v) is 8.75. The van der Waals surface area contributed by atoms with Crippen molar-refractivity contribution in [2.75, 3.05) is 45.6 Å². The van der Waals surface area contributed by atoms with Crippen LogP contribution in [0.15, 0.2) is 4.99 Å². The summed E-state index contributed by atoms with van der Waals surface area (Å²) in [5.74, 6) is 2.21. The van der Waals surface area contributed by atoms with Gasteiger partial charge < -0.3 is 15.0 Å². The lowest BCUT2D eigenvalue weighted by atomic mass is 10.2. The van der Waals surface area contributed by atoms with E-state index in [9.17, 15) is 0 Å². The van der Waals surface area contributed by atoms with Crippen LogP contribution in [0, 0.1) is 0 Å². The summed E-state index contributed by atoms with van der Waals surface area (Å²) in [6.45, 7) is 11.6. The number of rotatable bonds is 7. The summed E-state index contributed by atoms with van der Waals surface area (Å²) in [5, 5.41) is 3.45. The summed E-state index contributed by atoms with van der Waals surface area (Å²) in [6, 6.07) is 0. The molecule has 4 nitrogen and oxygen atoms in total. The molecule has 0 unspecified atom stereocenters. The second-order valence-electron chi connectivity index (χ2n) is 5.82. The van der Waals surface area contributed by atoms with Gasteiger partial charge in [-0.05, 0) is 26.7 Å². The summed E-state index contributed by atoms with van der Waals surface area (Å²) in [5.41, 5.74) is 0. The molecule has 1 N–H and O–H groups in total. The molecule has 0 spiro atoms. The Morgan fingerprint density at radius 1 is 1.33 bits per heavy atom. The smallest absolute Gasteiger partial charge is 0.193 e. The first kappa shape index (κ1) is 21.3. The Morgan fingerprint density at radius 2 is 2.05 bits per heavy atom. The minimum atomic E-state index is 0. The second-order valence-corrected chi connectivity index (χ2v) is 7.63. The fourth-order valence-corrected chi connectivity index (χ4v) is 3.36. The number of guanidine groups is 1. The molecule has 1 rings (SSSR count). The van der Waals surface area contributed by atoms with Gasteiger partial charge in [0.1, 0.15) is 0 Å². The minimum absolute atomic E-state index is 0. The monoisotopic (exact) mass is 429 g/mol. The van der Waals surface area contributed by atoms with Crippen LogP contribution in [-0.4, -0.2) is 61.3 Å². The molecule has 0 bridgehead atoms. The van der Waals surface area contributed by atoms with Crippen molar-refractivity contribution in [3.63, 3.8) is 0 Å². The zero-order chi connectivity index (χ0) is 14.8. The molecule has 0 aromatic carbocycles. The van der Waals surface area contributed by atoms with E-state index in [-0.39, 0.29) is 24.0 Å². The molecule has 1 heterocycles. The first-order valence-electron chi connectivity index (χ1n) is 7.76. The van der Waals surface area contributed by atoms with E-state index < -0.39 is 0 Å². The lowest BCUT2D eigenvalue weighted by Crippen LogP contribution is -2.51. The van der Waals surface area contributed by atoms with Gasteiger partial charge in [0.15, 0.2) is 5.96 Å². The highest BCUT2D eigenvalue weighted by molar-refractivity contribution is 14.0. The van der Waals surface area contributed by atoms with Gasteiger partial charge in [-0.1, -0.05) is 13.3 Å². The molecule has 0 aromatic rings. The van der Waals surface area contributed by atoms with Crippen molar-refractivity contribution in [3.05, 3.63) is 0 Å². The molecule has 0 atom stereocenters. The quantitative estimate of drug-likeness (QED) is 0.292. The third kappa shape index (κ3) is 9.13. The second kappa shape index (κ2) is 11.8. The van der Waals surface area contributed by atoms with E-state index >= 15 is 0 Å². The molecule has 126 valence electrons. The topological polar surface area (TPSA) is 36.9 Å². The van der Waals surface area contributed by atoms with Gasteiger partial charge in [0, 0.05) is 50.4 Å². The Hall–Kier alpha value is 0.310. The Morgan fingerprint density at radius 3 is 2.67 bits per heavy atom. The Bertz CT molecular complexity index is 301. The summed E-state index contributed by atoms with van der Waals surface area (Å²) in [6.07, 6.45) is 3.40. The van der Waals surface area contributed by atoms with Crippen molar-refractivity contribution in [1.29, 1.82) is 0 Å². The molecule has 0 saturated carbocycles. The Balaban J connectivity index is 0.00000400. The largest absolute Gasteiger partial charge is 0.381 e. The van der Waals surface area contributed by atoms with E-state index in [0.717, 1.165) is 51.6 Å². The maximum Gasteiger partial charge on any atom is 0.193 e. The van der Waals surface area contributed by atoms with Crippen molar-refractivity contribution in [3.8, 4) is 0 Å². The summed E-state index contributed by atoms with van der Waals surface area (Å²) < 4.78 is 5.89. The van der Waals surface area contributed by atoms with Gasteiger partial charge in [-0.3, -0.25) is 4.99 Å². The fraction of sp³-hybridized carbons (Fsp3) is 0.933. The molecular weight excluding hydrogens is 397 g/mol. The lowest BCUT2D eigenvalue weighted by Gasteiger charge is -2.39. The highest BCUT2D eigenvalue weighted by Crippen LogP contribution is 2.29. The number of unbranched alkanes of at least 4 members (excludes halogenated alkanes) is 1. The van der Waals surface area contributed by atoms with Gasteiger partial charge in [0.25, 0.3) is 0 Å². The van der Waals surface area contributed by atoms with Crippen LogP contribution in [0.4, 0.5) is 0 Å². The molecule has 1 saturated heterocycles. The number of nitrogens with zero attached hydrogens (tertiary/aromatic N) is 2. The lowest BCUT2D eigenvalue weighted by molar-refractivity contribution is 0.129. The molecule has 0 aliphatic carbocycles. The predicted octanol–water partition coefficient (Wildman–Crippen LogP) is 3.21. The maximum atomic E-state index is 5.57. The Kier molecular flexibility index (Phi) is 12.0. The van der Waals surface area contributed by atoms with E-state index in [0.29, 0.717) is 4.75 Å².